The van der Waals surface area contributed by atoms with E-state index in [-0.39, 0.29) is 12.1 Å². The highest BCUT2D eigenvalue weighted by atomic mass is 16.6. The van der Waals surface area contributed by atoms with E-state index in [2.05, 4.69) is 0 Å². The summed E-state index contributed by atoms with van der Waals surface area (Å²) < 4.78 is 5.34. The van der Waals surface area contributed by atoms with Crippen LogP contribution in [0.3, 0.4) is 0 Å². The maximum absolute atomic E-state index is 12.0. The molecular formula is C14H22N2O2. The Hall–Kier alpha value is -1.55. The van der Waals surface area contributed by atoms with Crippen LogP contribution in [0.5, 0.6) is 0 Å². The van der Waals surface area contributed by atoms with Crippen LogP contribution in [0.1, 0.15) is 32.4 Å². The van der Waals surface area contributed by atoms with Gasteiger partial charge in [0.25, 0.3) is 0 Å². The maximum Gasteiger partial charge on any atom is 0.410 e. The molecule has 4 heteroatoms. The SMILES string of the molecule is CN(C(=O)OC(C)(C)C)[C@H](CN)c1ccccc1. The minimum absolute atomic E-state index is 0.166. The van der Waals surface area contributed by atoms with Crippen LogP contribution in [0.2, 0.25) is 0 Å². The van der Waals surface area contributed by atoms with Gasteiger partial charge in [-0.05, 0) is 26.3 Å². The molecule has 0 fully saturated rings. The van der Waals surface area contributed by atoms with E-state index in [4.69, 9.17) is 10.5 Å². The lowest BCUT2D eigenvalue weighted by molar-refractivity contribution is 0.0226. The van der Waals surface area contributed by atoms with E-state index >= 15 is 0 Å². The standard InChI is InChI=1S/C14H22N2O2/c1-14(2,3)18-13(17)16(4)12(10-15)11-8-6-5-7-9-11/h5-9,12H,10,15H2,1-4H3/t12-/m1/s1. The summed E-state index contributed by atoms with van der Waals surface area (Å²) in [6, 6.07) is 9.55. The zero-order chi connectivity index (χ0) is 13.8. The molecule has 0 aliphatic rings. The van der Waals surface area contributed by atoms with Crippen molar-refractivity contribution in [1.82, 2.24) is 4.90 Å². The third-order valence-corrected chi connectivity index (χ3v) is 2.56. The van der Waals surface area contributed by atoms with Gasteiger partial charge in [-0.25, -0.2) is 4.79 Å². The van der Waals surface area contributed by atoms with Gasteiger partial charge in [0.15, 0.2) is 0 Å². The number of carbonyl (C=O) groups excluding carboxylic acids is 1. The number of ether oxygens (including phenoxy) is 1. The van der Waals surface area contributed by atoms with E-state index in [1.54, 1.807) is 11.9 Å². The van der Waals surface area contributed by atoms with Gasteiger partial charge < -0.3 is 15.4 Å². The van der Waals surface area contributed by atoms with Gasteiger partial charge in [-0.15, -0.1) is 0 Å². The fourth-order valence-corrected chi connectivity index (χ4v) is 1.65. The van der Waals surface area contributed by atoms with Crippen molar-refractivity contribution >= 4 is 6.09 Å². The number of nitrogens with zero attached hydrogens (tertiary/aromatic N) is 1. The van der Waals surface area contributed by atoms with Gasteiger partial charge in [-0.3, -0.25) is 0 Å². The summed E-state index contributed by atoms with van der Waals surface area (Å²) in [5.74, 6) is 0. The molecule has 100 valence electrons. The lowest BCUT2D eigenvalue weighted by atomic mass is 10.1. The lowest BCUT2D eigenvalue weighted by Crippen LogP contribution is -2.39. The van der Waals surface area contributed by atoms with Crippen molar-refractivity contribution in [3.63, 3.8) is 0 Å². The van der Waals surface area contributed by atoms with Crippen molar-refractivity contribution in [2.24, 2.45) is 5.73 Å². The van der Waals surface area contributed by atoms with Crippen molar-refractivity contribution < 1.29 is 9.53 Å². The fourth-order valence-electron chi connectivity index (χ4n) is 1.65. The molecule has 0 aliphatic carbocycles. The molecule has 2 N–H and O–H groups in total. The topological polar surface area (TPSA) is 55.6 Å². The van der Waals surface area contributed by atoms with Crippen LogP contribution in [-0.2, 0) is 4.74 Å². The molecule has 0 aliphatic heterocycles. The van der Waals surface area contributed by atoms with Gasteiger partial charge in [0.1, 0.15) is 5.60 Å². The molecule has 18 heavy (non-hydrogen) atoms. The van der Waals surface area contributed by atoms with E-state index in [9.17, 15) is 4.79 Å². The van der Waals surface area contributed by atoms with E-state index in [0.29, 0.717) is 6.54 Å². The summed E-state index contributed by atoms with van der Waals surface area (Å²) in [5.41, 5.74) is 6.27. The van der Waals surface area contributed by atoms with Gasteiger partial charge >= 0.3 is 6.09 Å². The minimum atomic E-state index is -0.499. The molecule has 0 spiro atoms. The molecule has 4 nitrogen and oxygen atoms in total. The van der Waals surface area contributed by atoms with Crippen LogP contribution in [-0.4, -0.2) is 30.2 Å². The highest BCUT2D eigenvalue weighted by Crippen LogP contribution is 2.20. The number of benzene rings is 1. The Morgan fingerprint density at radius 1 is 1.33 bits per heavy atom. The second-order valence-electron chi connectivity index (χ2n) is 5.25. The van der Waals surface area contributed by atoms with Crippen molar-refractivity contribution in [3.8, 4) is 0 Å². The first kappa shape index (κ1) is 14.5. The first-order valence-electron chi connectivity index (χ1n) is 6.06. The number of nitrogens with two attached hydrogens (primary N) is 1. The Morgan fingerprint density at radius 3 is 2.33 bits per heavy atom. The summed E-state index contributed by atoms with van der Waals surface area (Å²) in [6.45, 7) is 5.90. The average molecular weight is 250 g/mol. The Balaban J connectivity index is 2.80. The van der Waals surface area contributed by atoms with E-state index in [0.717, 1.165) is 5.56 Å². The normalized spacial score (nSPS) is 12.9. The van der Waals surface area contributed by atoms with Gasteiger partial charge in [-0.2, -0.15) is 0 Å². The molecule has 0 aromatic heterocycles. The summed E-state index contributed by atoms with van der Waals surface area (Å²) >= 11 is 0. The molecule has 1 amide bonds. The molecule has 0 bridgehead atoms. The second kappa shape index (κ2) is 5.87. The molecule has 0 radical (unpaired) electrons. The number of amides is 1. The largest absolute Gasteiger partial charge is 0.444 e. The number of hydrogen-bond acceptors (Lipinski definition) is 3. The second-order valence-corrected chi connectivity index (χ2v) is 5.25. The van der Waals surface area contributed by atoms with Gasteiger partial charge in [0.2, 0.25) is 0 Å². The first-order valence-corrected chi connectivity index (χ1v) is 6.06. The van der Waals surface area contributed by atoms with E-state index < -0.39 is 5.60 Å². The Morgan fingerprint density at radius 2 is 1.89 bits per heavy atom. The molecule has 0 saturated carbocycles. The predicted octanol–water partition coefficient (Wildman–Crippen LogP) is 2.55. The minimum Gasteiger partial charge on any atom is -0.444 e. The van der Waals surface area contributed by atoms with Crippen LogP contribution in [0.25, 0.3) is 0 Å². The molecule has 1 rings (SSSR count). The Kier molecular flexibility index (Phi) is 4.73. The Bertz CT molecular complexity index is 385. The highest BCUT2D eigenvalue weighted by molar-refractivity contribution is 5.68. The molecular weight excluding hydrogens is 228 g/mol. The van der Waals surface area contributed by atoms with Crippen molar-refractivity contribution in [1.29, 1.82) is 0 Å². The van der Waals surface area contributed by atoms with Crippen LogP contribution in [0.4, 0.5) is 4.79 Å². The fraction of sp³-hybridized carbons (Fsp3) is 0.500. The molecule has 1 aromatic carbocycles. The van der Waals surface area contributed by atoms with Crippen molar-refractivity contribution in [2.45, 2.75) is 32.4 Å². The maximum atomic E-state index is 12.0. The summed E-state index contributed by atoms with van der Waals surface area (Å²) in [6.07, 6.45) is -0.359. The molecule has 1 atom stereocenters. The number of likely N-dealkylation sites (N-methyl/N-ethyl adjacent to an activating group) is 1. The zero-order valence-corrected chi connectivity index (χ0v) is 11.5. The monoisotopic (exact) mass is 250 g/mol. The average Bonchev–Trinajstić information content (AvgIpc) is 2.29. The Labute approximate surface area is 109 Å². The van der Waals surface area contributed by atoms with Crippen molar-refractivity contribution in [2.75, 3.05) is 13.6 Å². The van der Waals surface area contributed by atoms with Gasteiger partial charge in [-0.1, -0.05) is 30.3 Å². The summed E-state index contributed by atoms with van der Waals surface area (Å²) in [5, 5.41) is 0. The van der Waals surface area contributed by atoms with Crippen LogP contribution >= 0.6 is 0 Å². The smallest absolute Gasteiger partial charge is 0.410 e. The number of hydrogen-bond donors (Lipinski definition) is 1. The van der Waals surface area contributed by atoms with Gasteiger partial charge in [0, 0.05) is 13.6 Å². The van der Waals surface area contributed by atoms with E-state index in [1.165, 1.54) is 0 Å². The predicted molar refractivity (Wildman–Crippen MR) is 72.2 cm³/mol. The molecule has 1 aromatic rings. The quantitative estimate of drug-likeness (QED) is 0.897. The van der Waals surface area contributed by atoms with Crippen LogP contribution in [0, 0.1) is 0 Å². The molecule has 0 unspecified atom stereocenters. The lowest BCUT2D eigenvalue weighted by Gasteiger charge is -2.30. The third kappa shape index (κ3) is 4.04. The summed E-state index contributed by atoms with van der Waals surface area (Å²) in [4.78, 5) is 13.5. The summed E-state index contributed by atoms with van der Waals surface area (Å²) in [7, 11) is 1.71. The third-order valence-electron chi connectivity index (χ3n) is 2.56. The van der Waals surface area contributed by atoms with Crippen LogP contribution < -0.4 is 5.73 Å². The number of carbonyl (C=O) groups is 1. The van der Waals surface area contributed by atoms with Gasteiger partial charge in [0.05, 0.1) is 6.04 Å². The first-order chi connectivity index (χ1) is 8.35. The molecule has 0 saturated heterocycles. The van der Waals surface area contributed by atoms with Crippen LogP contribution in [0.15, 0.2) is 30.3 Å². The zero-order valence-electron chi connectivity index (χ0n) is 11.5. The highest BCUT2D eigenvalue weighted by Gasteiger charge is 2.25. The van der Waals surface area contributed by atoms with E-state index in [1.807, 2.05) is 51.1 Å². The number of rotatable bonds is 3. The van der Waals surface area contributed by atoms with Crippen molar-refractivity contribution in [3.05, 3.63) is 35.9 Å². The molecule has 0 heterocycles.